The zero-order chi connectivity index (χ0) is 13.8. The molecule has 0 fully saturated rings. The van der Waals surface area contributed by atoms with Gasteiger partial charge in [0.25, 0.3) is 0 Å². The van der Waals surface area contributed by atoms with E-state index in [9.17, 15) is 0 Å². The van der Waals surface area contributed by atoms with Crippen molar-refractivity contribution in [1.82, 2.24) is 0 Å². The van der Waals surface area contributed by atoms with E-state index in [1.54, 1.807) is 7.11 Å². The normalized spacial score (nSPS) is 12.9. The molecule has 0 heterocycles. The molecule has 0 amide bonds. The first-order valence-electron chi connectivity index (χ1n) is 6.58. The predicted molar refractivity (Wildman–Crippen MR) is 78.5 cm³/mol. The SMILES string of the molecule is COc1ccc2ccccc2c1C(CN)OC(C)C. The van der Waals surface area contributed by atoms with Crippen LogP contribution in [0, 0.1) is 0 Å². The van der Waals surface area contributed by atoms with Crippen LogP contribution in [0.1, 0.15) is 25.5 Å². The molecule has 3 heteroatoms. The van der Waals surface area contributed by atoms with Gasteiger partial charge in [-0.15, -0.1) is 0 Å². The third kappa shape index (κ3) is 2.88. The fraction of sp³-hybridized carbons (Fsp3) is 0.375. The summed E-state index contributed by atoms with van der Waals surface area (Å²) in [5.41, 5.74) is 6.93. The Morgan fingerprint density at radius 3 is 2.47 bits per heavy atom. The minimum atomic E-state index is -0.152. The van der Waals surface area contributed by atoms with Crippen LogP contribution in [-0.2, 0) is 4.74 Å². The number of hydrogen-bond donors (Lipinski definition) is 1. The van der Waals surface area contributed by atoms with E-state index in [0.717, 1.165) is 16.7 Å². The van der Waals surface area contributed by atoms with Crippen molar-refractivity contribution in [1.29, 1.82) is 0 Å². The van der Waals surface area contributed by atoms with Gasteiger partial charge in [0.05, 0.1) is 19.3 Å². The lowest BCUT2D eigenvalue weighted by atomic mass is 9.99. The monoisotopic (exact) mass is 259 g/mol. The summed E-state index contributed by atoms with van der Waals surface area (Å²) in [5.74, 6) is 0.829. The number of fused-ring (bicyclic) bond motifs is 1. The lowest BCUT2D eigenvalue weighted by Crippen LogP contribution is -2.20. The summed E-state index contributed by atoms with van der Waals surface area (Å²) in [6, 6.07) is 12.2. The lowest BCUT2D eigenvalue weighted by Gasteiger charge is -2.23. The highest BCUT2D eigenvalue weighted by atomic mass is 16.5. The Balaban J connectivity index is 2.60. The van der Waals surface area contributed by atoms with Crippen LogP contribution in [-0.4, -0.2) is 19.8 Å². The smallest absolute Gasteiger partial charge is 0.125 e. The maximum Gasteiger partial charge on any atom is 0.125 e. The van der Waals surface area contributed by atoms with E-state index in [0.29, 0.717) is 6.54 Å². The van der Waals surface area contributed by atoms with Crippen LogP contribution >= 0.6 is 0 Å². The molecule has 0 aliphatic rings. The molecular formula is C16H21NO2. The first-order valence-corrected chi connectivity index (χ1v) is 6.58. The Morgan fingerprint density at radius 1 is 1.11 bits per heavy atom. The molecule has 0 aliphatic carbocycles. The largest absolute Gasteiger partial charge is 0.496 e. The molecule has 1 atom stereocenters. The predicted octanol–water partition coefficient (Wildman–Crippen LogP) is 3.27. The quantitative estimate of drug-likeness (QED) is 0.896. The minimum Gasteiger partial charge on any atom is -0.496 e. The maximum atomic E-state index is 5.93. The van der Waals surface area contributed by atoms with Crippen LogP contribution in [0.4, 0.5) is 0 Å². The van der Waals surface area contributed by atoms with Crippen LogP contribution in [0.2, 0.25) is 0 Å². The van der Waals surface area contributed by atoms with E-state index < -0.39 is 0 Å². The van der Waals surface area contributed by atoms with Crippen molar-refractivity contribution in [2.75, 3.05) is 13.7 Å². The Hall–Kier alpha value is -1.58. The standard InChI is InChI=1S/C16H21NO2/c1-11(2)19-15(10-17)16-13-7-5-4-6-12(13)8-9-14(16)18-3/h4-9,11,15H,10,17H2,1-3H3. The van der Waals surface area contributed by atoms with Crippen LogP contribution in [0.5, 0.6) is 5.75 Å². The number of rotatable bonds is 5. The zero-order valence-corrected chi connectivity index (χ0v) is 11.7. The van der Waals surface area contributed by atoms with Gasteiger partial charge in [-0.1, -0.05) is 30.3 Å². The molecule has 0 saturated heterocycles. The molecule has 2 N–H and O–H groups in total. The molecule has 2 rings (SSSR count). The first kappa shape index (κ1) is 13.8. The number of nitrogens with two attached hydrogens (primary N) is 1. The fourth-order valence-electron chi connectivity index (χ4n) is 2.36. The van der Waals surface area contributed by atoms with Gasteiger partial charge in [-0.3, -0.25) is 0 Å². The fourth-order valence-corrected chi connectivity index (χ4v) is 2.36. The Labute approximate surface area is 114 Å². The van der Waals surface area contributed by atoms with Gasteiger partial charge in [-0.25, -0.2) is 0 Å². The molecule has 2 aromatic carbocycles. The summed E-state index contributed by atoms with van der Waals surface area (Å²) in [7, 11) is 1.68. The third-order valence-corrected chi connectivity index (χ3v) is 3.12. The van der Waals surface area contributed by atoms with Crippen LogP contribution in [0.3, 0.4) is 0 Å². The molecule has 1 unspecified atom stereocenters. The Morgan fingerprint density at radius 2 is 1.84 bits per heavy atom. The van der Waals surface area contributed by atoms with E-state index in [1.165, 1.54) is 5.39 Å². The van der Waals surface area contributed by atoms with Crippen LogP contribution < -0.4 is 10.5 Å². The Kier molecular flexibility index (Phi) is 4.40. The molecule has 0 radical (unpaired) electrons. The van der Waals surface area contributed by atoms with E-state index >= 15 is 0 Å². The van der Waals surface area contributed by atoms with E-state index in [2.05, 4.69) is 18.2 Å². The number of methoxy groups -OCH3 is 1. The third-order valence-electron chi connectivity index (χ3n) is 3.12. The molecule has 102 valence electrons. The summed E-state index contributed by atoms with van der Waals surface area (Å²) in [4.78, 5) is 0. The van der Waals surface area contributed by atoms with Crippen molar-refractivity contribution >= 4 is 10.8 Å². The van der Waals surface area contributed by atoms with Crippen molar-refractivity contribution in [2.24, 2.45) is 5.73 Å². The second-order valence-corrected chi connectivity index (χ2v) is 4.81. The van der Waals surface area contributed by atoms with Gasteiger partial charge in [0.2, 0.25) is 0 Å². The van der Waals surface area contributed by atoms with E-state index in [1.807, 2.05) is 32.0 Å². The van der Waals surface area contributed by atoms with Crippen molar-refractivity contribution in [2.45, 2.75) is 26.1 Å². The molecular weight excluding hydrogens is 238 g/mol. The molecule has 3 nitrogen and oxygen atoms in total. The van der Waals surface area contributed by atoms with Crippen molar-refractivity contribution in [3.05, 3.63) is 42.0 Å². The van der Waals surface area contributed by atoms with Gasteiger partial charge < -0.3 is 15.2 Å². The summed E-state index contributed by atoms with van der Waals surface area (Å²) in [5, 5.41) is 2.31. The highest BCUT2D eigenvalue weighted by Crippen LogP contribution is 2.34. The van der Waals surface area contributed by atoms with Crippen molar-refractivity contribution < 1.29 is 9.47 Å². The summed E-state index contributed by atoms with van der Waals surface area (Å²) < 4.78 is 11.4. The molecule has 19 heavy (non-hydrogen) atoms. The van der Waals surface area contributed by atoms with E-state index in [-0.39, 0.29) is 12.2 Å². The molecule has 0 aliphatic heterocycles. The van der Waals surface area contributed by atoms with Gasteiger partial charge in [0.15, 0.2) is 0 Å². The molecule has 0 saturated carbocycles. The summed E-state index contributed by atoms with van der Waals surface area (Å²) in [6.45, 7) is 4.46. The van der Waals surface area contributed by atoms with Crippen LogP contribution in [0.15, 0.2) is 36.4 Å². The van der Waals surface area contributed by atoms with Gasteiger partial charge in [-0.05, 0) is 30.7 Å². The van der Waals surface area contributed by atoms with Crippen molar-refractivity contribution in [3.8, 4) is 5.75 Å². The first-order chi connectivity index (χ1) is 9.17. The molecule has 0 aromatic heterocycles. The van der Waals surface area contributed by atoms with Gasteiger partial charge >= 0.3 is 0 Å². The average Bonchev–Trinajstić information content (AvgIpc) is 2.43. The topological polar surface area (TPSA) is 44.5 Å². The number of benzene rings is 2. The highest BCUT2D eigenvalue weighted by Gasteiger charge is 2.19. The lowest BCUT2D eigenvalue weighted by molar-refractivity contribution is 0.0116. The maximum absolute atomic E-state index is 5.93. The summed E-state index contributed by atoms with van der Waals surface area (Å²) >= 11 is 0. The van der Waals surface area contributed by atoms with Crippen molar-refractivity contribution in [3.63, 3.8) is 0 Å². The number of hydrogen-bond acceptors (Lipinski definition) is 3. The van der Waals surface area contributed by atoms with Gasteiger partial charge in [-0.2, -0.15) is 0 Å². The second kappa shape index (κ2) is 6.04. The van der Waals surface area contributed by atoms with Crippen LogP contribution in [0.25, 0.3) is 10.8 Å². The molecule has 0 bridgehead atoms. The van der Waals surface area contributed by atoms with E-state index in [4.69, 9.17) is 15.2 Å². The minimum absolute atomic E-state index is 0.122. The van der Waals surface area contributed by atoms with Gasteiger partial charge in [0.1, 0.15) is 5.75 Å². The zero-order valence-electron chi connectivity index (χ0n) is 11.7. The second-order valence-electron chi connectivity index (χ2n) is 4.81. The summed E-state index contributed by atoms with van der Waals surface area (Å²) in [6.07, 6.45) is -0.0294. The number of ether oxygens (including phenoxy) is 2. The Bertz CT molecular complexity index is 551. The average molecular weight is 259 g/mol. The molecule has 2 aromatic rings. The highest BCUT2D eigenvalue weighted by molar-refractivity contribution is 5.88. The van der Waals surface area contributed by atoms with Gasteiger partial charge in [0, 0.05) is 12.1 Å². The molecule has 0 spiro atoms.